The molecule has 0 aliphatic heterocycles. The molecule has 0 atom stereocenters. The molecule has 0 fully saturated rings. The van der Waals surface area contributed by atoms with Gasteiger partial charge >= 0.3 is 11.8 Å². The van der Waals surface area contributed by atoms with Crippen molar-refractivity contribution in [1.29, 1.82) is 0 Å². The molecule has 23 heavy (non-hydrogen) atoms. The number of hydrogen-bond acceptors (Lipinski definition) is 5. The SMILES string of the molecule is Cc1cc([N+](=O)[O-])ccc1NC(=O)C(=O)NCCc1ccsc1. The summed E-state index contributed by atoms with van der Waals surface area (Å²) >= 11 is 1.57. The van der Waals surface area contributed by atoms with Crippen LogP contribution in [0.3, 0.4) is 0 Å². The molecule has 1 aromatic heterocycles. The second-order valence-corrected chi connectivity index (χ2v) is 5.63. The molecule has 2 rings (SSSR count). The fraction of sp³-hybridized carbons (Fsp3) is 0.200. The molecule has 1 heterocycles. The molecule has 8 heteroatoms. The van der Waals surface area contributed by atoms with Gasteiger partial charge in [-0.05, 0) is 47.4 Å². The zero-order valence-corrected chi connectivity index (χ0v) is 13.2. The summed E-state index contributed by atoms with van der Waals surface area (Å²) in [6.45, 7) is 1.99. The fourth-order valence-electron chi connectivity index (χ4n) is 1.92. The number of nitrogens with zero attached hydrogens (tertiary/aromatic N) is 1. The quantitative estimate of drug-likeness (QED) is 0.498. The van der Waals surface area contributed by atoms with E-state index in [1.807, 2.05) is 16.8 Å². The predicted octanol–water partition coefficient (Wildman–Crippen LogP) is 2.26. The number of thiophene rings is 1. The summed E-state index contributed by atoms with van der Waals surface area (Å²) in [5.41, 5.74) is 1.91. The van der Waals surface area contributed by atoms with E-state index in [0.717, 1.165) is 5.56 Å². The van der Waals surface area contributed by atoms with Gasteiger partial charge < -0.3 is 10.6 Å². The Bertz CT molecular complexity index is 728. The van der Waals surface area contributed by atoms with Crippen LogP contribution in [0.15, 0.2) is 35.0 Å². The largest absolute Gasteiger partial charge is 0.347 e. The van der Waals surface area contributed by atoms with Gasteiger partial charge in [0, 0.05) is 24.4 Å². The van der Waals surface area contributed by atoms with E-state index in [1.54, 1.807) is 18.3 Å². The van der Waals surface area contributed by atoms with Crippen LogP contribution in [0.1, 0.15) is 11.1 Å². The number of hydrogen-bond donors (Lipinski definition) is 2. The van der Waals surface area contributed by atoms with E-state index < -0.39 is 16.7 Å². The predicted molar refractivity (Wildman–Crippen MR) is 87.5 cm³/mol. The van der Waals surface area contributed by atoms with Gasteiger partial charge in [0.1, 0.15) is 0 Å². The van der Waals surface area contributed by atoms with Gasteiger partial charge in [0.05, 0.1) is 4.92 Å². The third kappa shape index (κ3) is 4.62. The molecule has 7 nitrogen and oxygen atoms in total. The van der Waals surface area contributed by atoms with Crippen LogP contribution in [0, 0.1) is 17.0 Å². The summed E-state index contributed by atoms with van der Waals surface area (Å²) in [6.07, 6.45) is 0.652. The highest BCUT2D eigenvalue weighted by Gasteiger charge is 2.15. The Morgan fingerprint density at radius 1 is 1.26 bits per heavy atom. The molecule has 2 amide bonds. The molecule has 2 aromatic rings. The van der Waals surface area contributed by atoms with Gasteiger partial charge in [-0.2, -0.15) is 11.3 Å². The van der Waals surface area contributed by atoms with Crippen molar-refractivity contribution in [3.63, 3.8) is 0 Å². The minimum Gasteiger partial charge on any atom is -0.347 e. The number of amides is 2. The Morgan fingerprint density at radius 2 is 2.04 bits per heavy atom. The first-order chi connectivity index (χ1) is 11.0. The molecule has 2 N–H and O–H groups in total. The molecular formula is C15H15N3O4S. The normalized spacial score (nSPS) is 10.1. The number of carbonyl (C=O) groups excluding carboxylic acids is 2. The van der Waals surface area contributed by atoms with Crippen LogP contribution >= 0.6 is 11.3 Å². The van der Waals surface area contributed by atoms with Gasteiger partial charge in [0.15, 0.2) is 0 Å². The lowest BCUT2D eigenvalue weighted by atomic mass is 10.2. The number of anilines is 1. The fourth-order valence-corrected chi connectivity index (χ4v) is 2.62. The number of rotatable bonds is 5. The van der Waals surface area contributed by atoms with E-state index in [1.165, 1.54) is 18.2 Å². The van der Waals surface area contributed by atoms with Gasteiger partial charge in [-0.25, -0.2) is 0 Å². The summed E-state index contributed by atoms with van der Waals surface area (Å²) in [5.74, 6) is -1.54. The zero-order chi connectivity index (χ0) is 16.8. The summed E-state index contributed by atoms with van der Waals surface area (Å²) in [5, 5.41) is 19.6. The summed E-state index contributed by atoms with van der Waals surface area (Å²) in [6, 6.07) is 5.97. The maximum Gasteiger partial charge on any atom is 0.313 e. The lowest BCUT2D eigenvalue weighted by Gasteiger charge is -2.08. The molecule has 1 aromatic carbocycles. The smallest absolute Gasteiger partial charge is 0.313 e. The van der Waals surface area contributed by atoms with Crippen molar-refractivity contribution in [3.05, 3.63) is 56.3 Å². The first-order valence-electron chi connectivity index (χ1n) is 6.82. The second-order valence-electron chi connectivity index (χ2n) is 4.85. The van der Waals surface area contributed by atoms with Crippen molar-refractivity contribution >= 4 is 34.5 Å². The van der Waals surface area contributed by atoms with Gasteiger partial charge in [-0.1, -0.05) is 0 Å². The van der Waals surface area contributed by atoms with Crippen LogP contribution in [-0.2, 0) is 16.0 Å². The Kier molecular flexibility index (Phi) is 5.42. The summed E-state index contributed by atoms with van der Waals surface area (Å²) in [4.78, 5) is 33.7. The number of benzene rings is 1. The number of non-ortho nitro benzene ring substituents is 1. The first-order valence-corrected chi connectivity index (χ1v) is 7.77. The first kappa shape index (κ1) is 16.6. The van der Waals surface area contributed by atoms with Crippen LogP contribution in [0.25, 0.3) is 0 Å². The van der Waals surface area contributed by atoms with Crippen LogP contribution in [0.5, 0.6) is 0 Å². The Balaban J connectivity index is 1.88. The van der Waals surface area contributed by atoms with Crippen molar-refractivity contribution in [2.75, 3.05) is 11.9 Å². The Labute approximate surface area is 136 Å². The van der Waals surface area contributed by atoms with E-state index in [2.05, 4.69) is 10.6 Å². The van der Waals surface area contributed by atoms with Crippen molar-refractivity contribution < 1.29 is 14.5 Å². The maximum atomic E-state index is 11.8. The summed E-state index contributed by atoms with van der Waals surface area (Å²) in [7, 11) is 0. The summed E-state index contributed by atoms with van der Waals surface area (Å²) < 4.78 is 0. The minimum atomic E-state index is -0.799. The number of aryl methyl sites for hydroxylation is 1. The highest BCUT2D eigenvalue weighted by molar-refractivity contribution is 7.07. The van der Waals surface area contributed by atoms with Gasteiger partial charge in [-0.3, -0.25) is 19.7 Å². The van der Waals surface area contributed by atoms with Gasteiger partial charge in [0.25, 0.3) is 5.69 Å². The molecule has 0 aliphatic carbocycles. The second kappa shape index (κ2) is 7.50. The van der Waals surface area contributed by atoms with Crippen molar-refractivity contribution in [2.45, 2.75) is 13.3 Å². The molecule has 0 saturated heterocycles. The zero-order valence-electron chi connectivity index (χ0n) is 12.4. The lowest BCUT2D eigenvalue weighted by molar-refractivity contribution is -0.384. The average molecular weight is 333 g/mol. The molecule has 120 valence electrons. The molecule has 0 unspecified atom stereocenters. The van der Waals surface area contributed by atoms with Crippen LogP contribution in [-0.4, -0.2) is 23.3 Å². The van der Waals surface area contributed by atoms with E-state index in [0.29, 0.717) is 24.2 Å². The Morgan fingerprint density at radius 3 is 2.65 bits per heavy atom. The lowest BCUT2D eigenvalue weighted by Crippen LogP contribution is -2.36. The van der Waals surface area contributed by atoms with Gasteiger partial charge in [-0.15, -0.1) is 0 Å². The average Bonchev–Trinajstić information content (AvgIpc) is 3.02. The molecule has 0 radical (unpaired) electrons. The highest BCUT2D eigenvalue weighted by atomic mass is 32.1. The van der Waals surface area contributed by atoms with Crippen molar-refractivity contribution in [3.8, 4) is 0 Å². The molecule has 0 spiro atoms. The van der Waals surface area contributed by atoms with E-state index in [9.17, 15) is 19.7 Å². The number of nitrogens with one attached hydrogen (secondary N) is 2. The Hall–Kier alpha value is -2.74. The number of nitro groups is 1. The van der Waals surface area contributed by atoms with Crippen molar-refractivity contribution in [2.24, 2.45) is 0 Å². The number of nitro benzene ring substituents is 1. The molecule has 0 aliphatic rings. The third-order valence-electron chi connectivity index (χ3n) is 3.15. The third-order valence-corrected chi connectivity index (χ3v) is 3.89. The van der Waals surface area contributed by atoms with Crippen LogP contribution in [0.2, 0.25) is 0 Å². The van der Waals surface area contributed by atoms with Crippen LogP contribution in [0.4, 0.5) is 11.4 Å². The monoisotopic (exact) mass is 333 g/mol. The number of carbonyl (C=O) groups is 2. The van der Waals surface area contributed by atoms with E-state index in [4.69, 9.17) is 0 Å². The van der Waals surface area contributed by atoms with E-state index >= 15 is 0 Å². The minimum absolute atomic E-state index is 0.0688. The highest BCUT2D eigenvalue weighted by Crippen LogP contribution is 2.21. The molecule has 0 bridgehead atoms. The van der Waals surface area contributed by atoms with E-state index in [-0.39, 0.29) is 5.69 Å². The standard InChI is InChI=1S/C15H15N3O4S/c1-10-8-12(18(21)22)2-3-13(10)17-15(20)14(19)16-6-4-11-5-7-23-9-11/h2-3,5,7-9H,4,6H2,1H3,(H,16,19)(H,17,20). The van der Waals surface area contributed by atoms with Crippen LogP contribution < -0.4 is 10.6 Å². The maximum absolute atomic E-state index is 11.8. The molecule has 0 saturated carbocycles. The molecular weight excluding hydrogens is 318 g/mol. The van der Waals surface area contributed by atoms with Gasteiger partial charge in [0.2, 0.25) is 0 Å². The van der Waals surface area contributed by atoms with Crippen molar-refractivity contribution in [1.82, 2.24) is 5.32 Å². The topological polar surface area (TPSA) is 101 Å².